The number of piperidine rings is 1. The Kier molecular flexibility index (Phi) is 6.68. The normalized spacial score (nSPS) is 19.9. The van der Waals surface area contributed by atoms with Gasteiger partial charge in [-0.2, -0.15) is 0 Å². The summed E-state index contributed by atoms with van der Waals surface area (Å²) in [5.41, 5.74) is 1.72. The zero-order chi connectivity index (χ0) is 21.8. The number of halogens is 2. The number of nitrogens with one attached hydrogen (secondary N) is 1. The van der Waals surface area contributed by atoms with E-state index in [0.717, 1.165) is 43.6 Å². The fourth-order valence-corrected chi connectivity index (χ4v) is 4.21. The third-order valence-electron chi connectivity index (χ3n) is 5.82. The molecule has 0 aliphatic carbocycles. The molecule has 4 rings (SSSR count). The van der Waals surface area contributed by atoms with Crippen molar-refractivity contribution in [2.45, 2.75) is 24.9 Å². The average Bonchev–Trinajstić information content (AvgIpc) is 3.23. The van der Waals surface area contributed by atoms with E-state index < -0.39 is 11.6 Å². The van der Waals surface area contributed by atoms with Crippen LogP contribution in [0.4, 0.5) is 13.6 Å². The number of rotatable bonds is 5. The van der Waals surface area contributed by atoms with E-state index in [1.54, 1.807) is 19.6 Å². The van der Waals surface area contributed by atoms with Crippen LogP contribution >= 0.6 is 0 Å². The molecule has 1 N–H and O–H groups in total. The molecule has 1 saturated heterocycles. The Morgan fingerprint density at radius 2 is 1.87 bits per heavy atom. The lowest BCUT2D eigenvalue weighted by Crippen LogP contribution is -2.50. The van der Waals surface area contributed by atoms with Gasteiger partial charge in [-0.25, -0.2) is 13.6 Å². The van der Waals surface area contributed by atoms with Crippen molar-refractivity contribution in [3.05, 3.63) is 77.4 Å². The first kappa shape index (κ1) is 21.5. The molecule has 0 saturated carbocycles. The van der Waals surface area contributed by atoms with Crippen LogP contribution in [-0.4, -0.2) is 56.1 Å². The largest absolute Gasteiger partial charge is 0.427 e. The van der Waals surface area contributed by atoms with Crippen molar-refractivity contribution in [1.82, 2.24) is 15.0 Å². The molecular weight excluding hydrogens is 399 g/mol. The van der Waals surface area contributed by atoms with Gasteiger partial charge < -0.3 is 19.7 Å². The van der Waals surface area contributed by atoms with E-state index >= 15 is 0 Å². The highest BCUT2D eigenvalue weighted by atomic mass is 19.1. The van der Waals surface area contributed by atoms with Gasteiger partial charge in [0.15, 0.2) is 0 Å². The summed E-state index contributed by atoms with van der Waals surface area (Å²) in [4.78, 5) is 17.0. The SMILES string of the molecule is CO[B]N1CCC(NC(=O)N2CC(c3cc(F)ccc3F)=C[C@H]2c2ccccc2)CC1. The van der Waals surface area contributed by atoms with Gasteiger partial charge in [-0.1, -0.05) is 36.4 Å². The zero-order valence-corrected chi connectivity index (χ0v) is 17.4. The molecule has 2 heterocycles. The van der Waals surface area contributed by atoms with Gasteiger partial charge in [-0.3, -0.25) is 0 Å². The molecule has 2 aliphatic heterocycles. The summed E-state index contributed by atoms with van der Waals surface area (Å²) in [7, 11) is 3.32. The van der Waals surface area contributed by atoms with Gasteiger partial charge in [-0.05, 0) is 55.3 Å². The maximum absolute atomic E-state index is 14.4. The third-order valence-corrected chi connectivity index (χ3v) is 5.82. The van der Waals surface area contributed by atoms with Crippen molar-refractivity contribution in [2.24, 2.45) is 0 Å². The van der Waals surface area contributed by atoms with Crippen LogP contribution in [0.5, 0.6) is 0 Å². The number of hydrogen-bond donors (Lipinski definition) is 1. The Balaban J connectivity index is 1.52. The second-order valence-corrected chi connectivity index (χ2v) is 7.90. The monoisotopic (exact) mass is 424 g/mol. The summed E-state index contributed by atoms with van der Waals surface area (Å²) in [5.74, 6) is -1.00. The molecule has 0 bridgehead atoms. The first-order chi connectivity index (χ1) is 15.0. The quantitative estimate of drug-likeness (QED) is 0.744. The molecule has 31 heavy (non-hydrogen) atoms. The predicted octanol–water partition coefficient (Wildman–Crippen LogP) is 3.76. The molecule has 2 amide bonds. The van der Waals surface area contributed by atoms with E-state index in [-0.39, 0.29) is 30.2 Å². The smallest absolute Gasteiger partial charge is 0.398 e. The summed E-state index contributed by atoms with van der Waals surface area (Å²) in [6.45, 7) is 1.82. The van der Waals surface area contributed by atoms with E-state index in [1.807, 2.05) is 36.4 Å². The highest BCUT2D eigenvalue weighted by molar-refractivity contribution is 6.23. The molecule has 1 atom stereocenters. The van der Waals surface area contributed by atoms with E-state index in [4.69, 9.17) is 4.65 Å². The van der Waals surface area contributed by atoms with Gasteiger partial charge in [0.2, 0.25) is 0 Å². The Morgan fingerprint density at radius 3 is 2.58 bits per heavy atom. The van der Waals surface area contributed by atoms with Crippen molar-refractivity contribution < 1.29 is 18.2 Å². The van der Waals surface area contributed by atoms with E-state index in [0.29, 0.717) is 5.57 Å². The molecule has 8 heteroatoms. The number of carbonyl (C=O) groups excluding carboxylic acids is 1. The Morgan fingerprint density at radius 1 is 1.13 bits per heavy atom. The van der Waals surface area contributed by atoms with Crippen molar-refractivity contribution in [3.63, 3.8) is 0 Å². The minimum Gasteiger partial charge on any atom is -0.427 e. The number of nitrogens with zero attached hydrogens (tertiary/aromatic N) is 2. The van der Waals surface area contributed by atoms with Crippen LogP contribution in [0, 0.1) is 11.6 Å². The second kappa shape index (κ2) is 9.62. The molecule has 2 aromatic rings. The Hall–Kier alpha value is -2.71. The number of amides is 2. The van der Waals surface area contributed by atoms with Crippen LogP contribution in [0.2, 0.25) is 0 Å². The highest BCUT2D eigenvalue weighted by Crippen LogP contribution is 2.35. The molecule has 0 spiro atoms. The van der Waals surface area contributed by atoms with Gasteiger partial charge >= 0.3 is 13.6 Å². The van der Waals surface area contributed by atoms with Gasteiger partial charge in [0.25, 0.3) is 0 Å². The number of hydrogen-bond acceptors (Lipinski definition) is 3. The van der Waals surface area contributed by atoms with Crippen molar-refractivity contribution >= 4 is 19.2 Å². The molecule has 0 aromatic heterocycles. The van der Waals surface area contributed by atoms with Crippen molar-refractivity contribution in [1.29, 1.82) is 0 Å². The summed E-state index contributed by atoms with van der Waals surface area (Å²) in [6, 6.07) is 12.5. The van der Waals surface area contributed by atoms with Crippen LogP contribution in [-0.2, 0) is 4.65 Å². The third kappa shape index (κ3) is 4.97. The molecule has 2 aromatic carbocycles. The van der Waals surface area contributed by atoms with E-state index in [1.165, 1.54) is 6.07 Å². The van der Waals surface area contributed by atoms with Crippen LogP contribution in [0.3, 0.4) is 0 Å². The maximum Gasteiger partial charge on any atom is 0.398 e. The first-order valence-corrected chi connectivity index (χ1v) is 10.4. The predicted molar refractivity (Wildman–Crippen MR) is 116 cm³/mol. The minimum absolute atomic E-state index is 0.0559. The molecule has 1 radical (unpaired) electrons. The molecular formula is C23H25BF2N3O2. The topological polar surface area (TPSA) is 44.8 Å². The number of urea groups is 1. The van der Waals surface area contributed by atoms with Gasteiger partial charge in [0.1, 0.15) is 11.6 Å². The average molecular weight is 424 g/mol. The fourth-order valence-electron chi connectivity index (χ4n) is 4.21. The van der Waals surface area contributed by atoms with Crippen molar-refractivity contribution in [3.8, 4) is 0 Å². The van der Waals surface area contributed by atoms with Crippen LogP contribution in [0.15, 0.2) is 54.6 Å². The zero-order valence-electron chi connectivity index (χ0n) is 17.4. The van der Waals surface area contributed by atoms with Crippen LogP contribution < -0.4 is 5.32 Å². The lowest BCUT2D eigenvalue weighted by Gasteiger charge is -2.33. The lowest BCUT2D eigenvalue weighted by molar-refractivity contribution is 0.185. The standard InChI is InChI=1S/C23H25BF2N3O2/c1-31-24-28-11-9-19(10-12-28)27-23(30)29-15-17(20-14-18(25)7-8-21(20)26)13-22(29)16-5-3-2-4-6-16/h2-8,13-14,19,22H,9-12,15H2,1H3,(H,27,30)/t22-/m0/s1. The summed E-state index contributed by atoms with van der Waals surface area (Å²) < 4.78 is 33.2. The van der Waals surface area contributed by atoms with Crippen LogP contribution in [0.1, 0.15) is 30.0 Å². The van der Waals surface area contributed by atoms with Gasteiger partial charge in [0, 0.05) is 25.3 Å². The molecule has 5 nitrogen and oxygen atoms in total. The Bertz CT molecular complexity index is 949. The first-order valence-electron chi connectivity index (χ1n) is 10.4. The second-order valence-electron chi connectivity index (χ2n) is 7.90. The number of carbonyl (C=O) groups is 1. The maximum atomic E-state index is 14.4. The fraction of sp³-hybridized carbons (Fsp3) is 0.348. The minimum atomic E-state index is -0.504. The Labute approximate surface area is 182 Å². The molecule has 0 unspecified atom stereocenters. The summed E-state index contributed by atoms with van der Waals surface area (Å²) >= 11 is 0. The molecule has 2 aliphatic rings. The lowest BCUT2D eigenvalue weighted by atomic mass is 10.00. The van der Waals surface area contributed by atoms with Gasteiger partial charge in [0.05, 0.1) is 6.04 Å². The molecule has 161 valence electrons. The van der Waals surface area contributed by atoms with Crippen molar-refractivity contribution in [2.75, 3.05) is 26.7 Å². The summed E-state index contributed by atoms with van der Waals surface area (Å²) in [5, 5.41) is 3.13. The van der Waals surface area contributed by atoms with E-state index in [9.17, 15) is 13.6 Å². The molecule has 1 fully saturated rings. The van der Waals surface area contributed by atoms with Gasteiger partial charge in [-0.15, -0.1) is 0 Å². The van der Waals surface area contributed by atoms with E-state index in [2.05, 4.69) is 10.1 Å². The van der Waals surface area contributed by atoms with Crippen LogP contribution in [0.25, 0.3) is 5.57 Å². The summed E-state index contributed by atoms with van der Waals surface area (Å²) in [6.07, 6.45) is 3.48. The number of benzene rings is 2. The highest BCUT2D eigenvalue weighted by Gasteiger charge is 2.33.